The van der Waals surface area contributed by atoms with E-state index in [1.54, 1.807) is 30.5 Å². The third-order valence-corrected chi connectivity index (χ3v) is 6.66. The fourth-order valence-electron chi connectivity index (χ4n) is 4.46. The molecule has 1 atom stereocenters. The van der Waals surface area contributed by atoms with E-state index in [4.69, 9.17) is 17.3 Å². The van der Waals surface area contributed by atoms with Crippen molar-refractivity contribution in [1.82, 2.24) is 45.7 Å². The van der Waals surface area contributed by atoms with Gasteiger partial charge in [-0.15, -0.1) is 5.10 Å². The maximum absolute atomic E-state index is 13.2. The standard InChI is InChI=1S/C28H23ClN10O/c29-20-8-10-25(39-16-32-37-38-39)19(13-20)7-11-26(40)33-23(12-17-4-2-1-3-5-17)28-31-15-24(34-28)18-6-9-21-22(14-18)35-36-27(21)30/h1-11,13-16,23H,12H2,(H,31,34)(H,33,40)(H3,30,35,36)/b11-7+/t23-/m0/s1. The first-order valence-corrected chi connectivity index (χ1v) is 12.8. The number of carbonyl (C=O) groups is 1. The molecule has 1 amide bonds. The van der Waals surface area contributed by atoms with Crippen LogP contribution in [0, 0.1) is 0 Å². The lowest BCUT2D eigenvalue weighted by Gasteiger charge is -2.16. The minimum atomic E-state index is -0.418. The largest absolute Gasteiger partial charge is 0.382 e. The number of fused-ring (bicyclic) bond motifs is 1. The Morgan fingerprint density at radius 1 is 1.12 bits per heavy atom. The Balaban J connectivity index is 1.26. The number of carbonyl (C=O) groups excluding carboxylic acids is 1. The zero-order chi connectivity index (χ0) is 27.5. The van der Waals surface area contributed by atoms with Crippen molar-refractivity contribution in [2.45, 2.75) is 12.5 Å². The molecule has 6 aromatic rings. The van der Waals surface area contributed by atoms with Gasteiger partial charge in [0.25, 0.3) is 0 Å². The van der Waals surface area contributed by atoms with Gasteiger partial charge in [-0.1, -0.05) is 48.0 Å². The second-order valence-electron chi connectivity index (χ2n) is 9.09. The van der Waals surface area contributed by atoms with Gasteiger partial charge in [0.1, 0.15) is 12.2 Å². The number of nitrogens with one attached hydrogen (secondary N) is 3. The number of hydrogen-bond acceptors (Lipinski definition) is 7. The van der Waals surface area contributed by atoms with Gasteiger partial charge in [-0.2, -0.15) is 9.78 Å². The van der Waals surface area contributed by atoms with E-state index in [1.165, 1.54) is 17.1 Å². The van der Waals surface area contributed by atoms with Crippen molar-refractivity contribution in [1.29, 1.82) is 0 Å². The molecule has 0 bridgehead atoms. The Bertz CT molecular complexity index is 1810. The third-order valence-electron chi connectivity index (χ3n) is 6.43. The number of nitrogen functional groups attached to an aromatic ring is 1. The summed E-state index contributed by atoms with van der Waals surface area (Å²) in [6, 6.07) is 20.6. The Morgan fingerprint density at radius 2 is 2.00 bits per heavy atom. The van der Waals surface area contributed by atoms with Crippen molar-refractivity contribution >= 4 is 40.3 Å². The van der Waals surface area contributed by atoms with Gasteiger partial charge in [-0.05, 0) is 58.8 Å². The number of benzene rings is 3. The van der Waals surface area contributed by atoms with Crippen molar-refractivity contribution in [2.24, 2.45) is 0 Å². The number of H-pyrrole nitrogens is 2. The highest BCUT2D eigenvalue weighted by Crippen LogP contribution is 2.26. The second kappa shape index (κ2) is 10.8. The Hall–Kier alpha value is -5.29. The maximum Gasteiger partial charge on any atom is 0.244 e. The fraction of sp³-hybridized carbons (Fsp3) is 0.0714. The number of hydrogen-bond donors (Lipinski definition) is 4. The lowest BCUT2D eigenvalue weighted by molar-refractivity contribution is -0.117. The molecule has 0 radical (unpaired) electrons. The quantitative estimate of drug-likeness (QED) is 0.206. The summed E-state index contributed by atoms with van der Waals surface area (Å²) in [5.41, 5.74) is 10.9. The van der Waals surface area contributed by atoms with Crippen LogP contribution in [0.15, 0.2) is 85.3 Å². The van der Waals surface area contributed by atoms with Crippen molar-refractivity contribution in [3.63, 3.8) is 0 Å². The molecular weight excluding hydrogens is 528 g/mol. The van der Waals surface area contributed by atoms with Gasteiger partial charge in [0, 0.05) is 27.6 Å². The molecule has 198 valence electrons. The minimum Gasteiger partial charge on any atom is -0.382 e. The van der Waals surface area contributed by atoms with Gasteiger partial charge in [-0.3, -0.25) is 9.89 Å². The molecule has 3 heterocycles. The van der Waals surface area contributed by atoms with E-state index in [1.807, 2.05) is 48.5 Å². The summed E-state index contributed by atoms with van der Waals surface area (Å²) in [5.74, 6) is 0.784. The third kappa shape index (κ3) is 5.31. The normalized spacial score (nSPS) is 12.2. The molecule has 0 spiro atoms. The topological polar surface area (TPSA) is 156 Å². The Labute approximate surface area is 233 Å². The molecule has 0 saturated heterocycles. The van der Waals surface area contributed by atoms with E-state index >= 15 is 0 Å². The van der Waals surface area contributed by atoms with Crippen LogP contribution >= 0.6 is 11.6 Å². The van der Waals surface area contributed by atoms with E-state index in [-0.39, 0.29) is 5.91 Å². The number of amides is 1. The van der Waals surface area contributed by atoms with E-state index < -0.39 is 6.04 Å². The molecule has 0 saturated carbocycles. The fourth-order valence-corrected chi connectivity index (χ4v) is 4.64. The molecule has 0 fully saturated rings. The number of halogens is 1. The lowest BCUT2D eigenvalue weighted by atomic mass is 10.1. The van der Waals surface area contributed by atoms with Crippen LogP contribution in [0.2, 0.25) is 5.02 Å². The van der Waals surface area contributed by atoms with Crippen LogP contribution in [0.25, 0.3) is 33.9 Å². The molecule has 5 N–H and O–H groups in total. The molecule has 0 unspecified atom stereocenters. The molecule has 40 heavy (non-hydrogen) atoms. The monoisotopic (exact) mass is 550 g/mol. The van der Waals surface area contributed by atoms with Crippen LogP contribution in [-0.2, 0) is 11.2 Å². The van der Waals surface area contributed by atoms with Crippen molar-refractivity contribution < 1.29 is 4.79 Å². The maximum atomic E-state index is 13.2. The molecular formula is C28H23ClN10O. The van der Waals surface area contributed by atoms with Gasteiger partial charge >= 0.3 is 0 Å². The van der Waals surface area contributed by atoms with E-state index in [2.05, 4.69) is 41.0 Å². The first-order chi connectivity index (χ1) is 19.5. The molecule has 3 aromatic carbocycles. The number of aromatic amines is 2. The first-order valence-electron chi connectivity index (χ1n) is 12.4. The molecule has 6 rings (SSSR count). The smallest absolute Gasteiger partial charge is 0.244 e. The summed E-state index contributed by atoms with van der Waals surface area (Å²) >= 11 is 6.21. The highest BCUT2D eigenvalue weighted by molar-refractivity contribution is 6.30. The van der Waals surface area contributed by atoms with E-state index in [9.17, 15) is 4.79 Å². The predicted octanol–water partition coefficient (Wildman–Crippen LogP) is 4.28. The minimum absolute atomic E-state index is 0.295. The van der Waals surface area contributed by atoms with Gasteiger partial charge in [0.15, 0.2) is 5.82 Å². The van der Waals surface area contributed by atoms with Crippen LogP contribution in [0.4, 0.5) is 5.82 Å². The Kier molecular flexibility index (Phi) is 6.77. The number of anilines is 1. The molecule has 11 nitrogen and oxygen atoms in total. The van der Waals surface area contributed by atoms with Crippen LogP contribution in [0.1, 0.15) is 23.0 Å². The highest BCUT2D eigenvalue weighted by Gasteiger charge is 2.19. The SMILES string of the molecule is Nc1n[nH]c2cc(-c3cnc([C@H](Cc4ccccc4)NC(=O)/C=C/c4cc(Cl)ccc4-n4cnnn4)[nH]3)ccc12. The van der Waals surface area contributed by atoms with Crippen LogP contribution in [0.3, 0.4) is 0 Å². The molecule has 0 aliphatic carbocycles. The number of imidazole rings is 1. The zero-order valence-electron chi connectivity index (χ0n) is 21.0. The summed E-state index contributed by atoms with van der Waals surface area (Å²) in [6.07, 6.45) is 6.90. The van der Waals surface area contributed by atoms with Crippen molar-refractivity contribution in [2.75, 3.05) is 5.73 Å². The van der Waals surface area contributed by atoms with Crippen molar-refractivity contribution in [3.8, 4) is 16.9 Å². The zero-order valence-corrected chi connectivity index (χ0v) is 21.7. The second-order valence-corrected chi connectivity index (χ2v) is 9.53. The van der Waals surface area contributed by atoms with Gasteiger partial charge in [0.05, 0.1) is 29.1 Å². The molecule has 12 heteroatoms. The number of tetrazole rings is 1. The molecule has 0 aliphatic rings. The summed E-state index contributed by atoms with van der Waals surface area (Å²) in [5, 5.41) is 22.8. The van der Waals surface area contributed by atoms with Gasteiger partial charge < -0.3 is 16.0 Å². The van der Waals surface area contributed by atoms with Crippen LogP contribution in [0.5, 0.6) is 0 Å². The Morgan fingerprint density at radius 3 is 2.83 bits per heavy atom. The predicted molar refractivity (Wildman–Crippen MR) is 152 cm³/mol. The first kappa shape index (κ1) is 25.0. The lowest BCUT2D eigenvalue weighted by Crippen LogP contribution is -2.29. The highest BCUT2D eigenvalue weighted by atomic mass is 35.5. The number of aromatic nitrogens is 8. The van der Waals surface area contributed by atoms with Crippen molar-refractivity contribution in [3.05, 3.63) is 107 Å². The van der Waals surface area contributed by atoms with Crippen LogP contribution < -0.4 is 11.1 Å². The summed E-state index contributed by atoms with van der Waals surface area (Å²) in [4.78, 5) is 21.2. The van der Waals surface area contributed by atoms with Crippen LogP contribution in [-0.4, -0.2) is 46.3 Å². The van der Waals surface area contributed by atoms with E-state index in [0.717, 1.165) is 27.7 Å². The average Bonchev–Trinajstić information content (AvgIpc) is 3.74. The van der Waals surface area contributed by atoms with Gasteiger partial charge in [0.2, 0.25) is 5.91 Å². The molecule has 3 aromatic heterocycles. The number of nitrogens with two attached hydrogens (primary N) is 1. The van der Waals surface area contributed by atoms with Gasteiger partial charge in [-0.25, -0.2) is 4.98 Å². The summed E-state index contributed by atoms with van der Waals surface area (Å²) in [7, 11) is 0. The number of rotatable bonds is 8. The molecule has 0 aliphatic heterocycles. The number of nitrogens with zero attached hydrogens (tertiary/aromatic N) is 6. The summed E-state index contributed by atoms with van der Waals surface area (Å²) < 4.78 is 1.51. The average molecular weight is 551 g/mol. The van der Waals surface area contributed by atoms with E-state index in [0.29, 0.717) is 34.3 Å². The summed E-state index contributed by atoms with van der Waals surface area (Å²) in [6.45, 7) is 0.